The van der Waals surface area contributed by atoms with Crippen LogP contribution in [0.25, 0.3) is 0 Å². The molecule has 2 radical (unpaired) electrons. The molecule has 0 bridgehead atoms. The molecule has 0 saturated carbocycles. The third-order valence-electron chi connectivity index (χ3n) is 0. The van der Waals surface area contributed by atoms with E-state index in [1.807, 2.05) is 27.3 Å². The maximum absolute atomic E-state index is 2.28. The van der Waals surface area contributed by atoms with Gasteiger partial charge in [0.15, 0.2) is 0 Å². The molecular formula is C3H9SbTe. The van der Waals surface area contributed by atoms with E-state index in [4.69, 9.17) is 0 Å². The molecule has 0 fully saturated rings. The predicted octanol–water partition coefficient (Wildman–Crippen LogP) is 0.990. The quantitative estimate of drug-likeness (QED) is 0.585. The molecule has 0 heterocycles. The molecule has 0 aliphatic rings. The Hall–Kier alpha value is 1.61. The Kier molecular flexibility index (Phi) is 34.3. The topological polar surface area (TPSA) is 0 Å². The fourth-order valence-corrected chi connectivity index (χ4v) is 0. The molecule has 0 aliphatic carbocycles. The molecule has 32 valence electrons. The molecule has 0 aromatic heterocycles. The monoisotopic (exact) mass is 296 g/mol. The summed E-state index contributed by atoms with van der Waals surface area (Å²) in [5.41, 5.74) is 0. The van der Waals surface area contributed by atoms with Crippen molar-refractivity contribution in [1.82, 2.24) is 0 Å². The molecule has 2 heteroatoms. The van der Waals surface area contributed by atoms with Gasteiger partial charge < -0.3 is 0 Å². The number of rotatable bonds is 0. The average molecular weight is 294 g/mol. The molecule has 0 N–H and O–H groups in total. The first kappa shape index (κ1) is 9.79. The van der Waals surface area contributed by atoms with Crippen molar-refractivity contribution in [2.24, 2.45) is 0 Å². The van der Waals surface area contributed by atoms with Crippen molar-refractivity contribution < 1.29 is 0 Å². The second-order valence-corrected chi connectivity index (χ2v) is 3.00. The third-order valence-corrected chi connectivity index (χ3v) is 0. The van der Waals surface area contributed by atoms with Crippen molar-refractivity contribution in [3.8, 4) is 0 Å². The van der Waals surface area contributed by atoms with Crippen LogP contribution >= 0.6 is 0 Å². The van der Waals surface area contributed by atoms with Gasteiger partial charge in [0.2, 0.25) is 0 Å². The van der Waals surface area contributed by atoms with E-state index < -0.39 is 0 Å². The molecule has 0 aromatic rings. The summed E-state index contributed by atoms with van der Waals surface area (Å²) < 4.78 is 0. The molecule has 0 aliphatic heterocycles. The number of hydrogen-bond acceptors (Lipinski definition) is 0. The molecule has 0 atom stereocenters. The van der Waals surface area contributed by atoms with E-state index in [2.05, 4.69) is 9.74 Å². The van der Waals surface area contributed by atoms with Gasteiger partial charge in [0, 0.05) is 0 Å². The van der Waals surface area contributed by atoms with E-state index in [0.29, 0.717) is 21.6 Å². The molecule has 0 unspecified atom stereocenters. The summed E-state index contributed by atoms with van der Waals surface area (Å²) in [5, 5.41) is 0. The first-order chi connectivity index (χ1) is 2.41. The molecular weight excluding hydrogens is 285 g/mol. The SMILES string of the molecule is C[Te].[CH3][Sb][CH3]. The van der Waals surface area contributed by atoms with E-state index in [1.54, 1.807) is 0 Å². The van der Waals surface area contributed by atoms with Gasteiger partial charge in [-0.1, -0.05) is 0 Å². The standard InChI is InChI=1S/CH3Te.2CH3.Sb/c1-2;;;/h1H3;2*1H3;. The van der Waals surface area contributed by atoms with Gasteiger partial charge in [-0.15, -0.1) is 0 Å². The molecule has 5 heavy (non-hydrogen) atoms. The predicted molar refractivity (Wildman–Crippen MR) is 29.1 cm³/mol. The molecule has 0 amide bonds. The van der Waals surface area contributed by atoms with E-state index >= 15 is 0 Å². The molecule has 0 nitrogen and oxygen atoms in total. The second-order valence-electron chi connectivity index (χ2n) is 0.447. The first-order valence-electron chi connectivity index (χ1n) is 1.30. The van der Waals surface area contributed by atoms with Gasteiger partial charge in [0.05, 0.1) is 0 Å². The molecule has 0 saturated heterocycles. The molecule has 0 spiro atoms. The van der Waals surface area contributed by atoms with Crippen LogP contribution in [0.3, 0.4) is 0 Å². The van der Waals surface area contributed by atoms with Crippen LogP contribution in [0.4, 0.5) is 0 Å². The summed E-state index contributed by atoms with van der Waals surface area (Å²) in [4.78, 5) is 6.56. The van der Waals surface area contributed by atoms with Gasteiger partial charge >= 0.3 is 58.6 Å². The van der Waals surface area contributed by atoms with E-state index in [9.17, 15) is 0 Å². The van der Waals surface area contributed by atoms with Crippen LogP contribution in [-0.2, 0) is 0 Å². The zero-order chi connectivity index (χ0) is 4.71. The average Bonchev–Trinajstić information content (AvgIpc) is 1.46. The van der Waals surface area contributed by atoms with Crippen LogP contribution < -0.4 is 0 Å². The van der Waals surface area contributed by atoms with Gasteiger partial charge in [-0.25, -0.2) is 0 Å². The van der Waals surface area contributed by atoms with Crippen LogP contribution in [0.15, 0.2) is 0 Å². The zero-order valence-corrected chi connectivity index (χ0v) is 8.74. The Morgan fingerprint density at radius 2 is 1.20 bits per heavy atom. The van der Waals surface area contributed by atoms with Gasteiger partial charge in [0.25, 0.3) is 0 Å². The van der Waals surface area contributed by atoms with Crippen LogP contribution in [0, 0.1) is 0 Å². The second kappa shape index (κ2) is 17.5. The van der Waals surface area contributed by atoms with Crippen molar-refractivity contribution in [2.45, 2.75) is 14.7 Å². The maximum atomic E-state index is 2.28. The van der Waals surface area contributed by atoms with Gasteiger partial charge in [0.1, 0.15) is 0 Å². The summed E-state index contributed by atoms with van der Waals surface area (Å²) in [6, 6.07) is 0. The Morgan fingerprint density at radius 1 is 1.20 bits per heavy atom. The fourth-order valence-electron chi connectivity index (χ4n) is 0. The zero-order valence-electron chi connectivity index (χ0n) is 3.86. The molecule has 0 rings (SSSR count). The third kappa shape index (κ3) is 28.2. The van der Waals surface area contributed by atoms with Gasteiger partial charge in [-0.05, 0) is 0 Å². The minimum absolute atomic E-state index is 0.350. The van der Waals surface area contributed by atoms with Crippen LogP contribution in [0.2, 0.25) is 14.7 Å². The van der Waals surface area contributed by atoms with E-state index in [-0.39, 0.29) is 0 Å². The first-order valence-corrected chi connectivity index (χ1v) is 8.74. The van der Waals surface area contributed by atoms with Crippen LogP contribution in [-0.4, -0.2) is 43.9 Å². The van der Waals surface area contributed by atoms with Crippen molar-refractivity contribution >= 4 is 43.9 Å². The Balaban J connectivity index is 0. The summed E-state index contributed by atoms with van der Waals surface area (Å²) in [6.45, 7) is 0. The van der Waals surface area contributed by atoms with E-state index in [1.165, 1.54) is 0 Å². The van der Waals surface area contributed by atoms with Gasteiger partial charge in [-0.3, -0.25) is 0 Å². The van der Waals surface area contributed by atoms with Crippen LogP contribution in [0.1, 0.15) is 0 Å². The Morgan fingerprint density at radius 3 is 1.20 bits per heavy atom. The van der Waals surface area contributed by atoms with Crippen molar-refractivity contribution in [2.75, 3.05) is 0 Å². The Labute approximate surface area is 58.2 Å². The normalized spacial score (nSPS) is 4.80. The fraction of sp³-hybridized carbons (Fsp3) is 1.00. The number of hydrogen-bond donors (Lipinski definition) is 0. The van der Waals surface area contributed by atoms with Crippen LogP contribution in [0.5, 0.6) is 0 Å². The minimum atomic E-state index is 0.350. The van der Waals surface area contributed by atoms with E-state index in [0.717, 1.165) is 0 Å². The van der Waals surface area contributed by atoms with Crippen molar-refractivity contribution in [3.05, 3.63) is 0 Å². The summed E-state index contributed by atoms with van der Waals surface area (Å²) in [5.74, 6) is 0. The summed E-state index contributed by atoms with van der Waals surface area (Å²) >= 11 is 2.30. The summed E-state index contributed by atoms with van der Waals surface area (Å²) in [6.07, 6.45) is 0. The van der Waals surface area contributed by atoms with Gasteiger partial charge in [-0.2, -0.15) is 0 Å². The Bertz CT molecular complexity index is 6.85. The van der Waals surface area contributed by atoms with Crippen molar-refractivity contribution in [1.29, 1.82) is 0 Å². The molecule has 0 aromatic carbocycles. The van der Waals surface area contributed by atoms with Crippen molar-refractivity contribution in [3.63, 3.8) is 0 Å². The summed E-state index contributed by atoms with van der Waals surface area (Å²) in [7, 11) is 0.